The molecule has 3 heteroatoms. The van der Waals surface area contributed by atoms with E-state index >= 15 is 0 Å². The van der Waals surface area contributed by atoms with Crippen LogP contribution in [0, 0.1) is 11.3 Å². The van der Waals surface area contributed by atoms with E-state index < -0.39 is 5.54 Å². The van der Waals surface area contributed by atoms with Crippen LogP contribution in [0.3, 0.4) is 0 Å². The van der Waals surface area contributed by atoms with Gasteiger partial charge < -0.3 is 4.74 Å². The van der Waals surface area contributed by atoms with Gasteiger partial charge in [-0.05, 0) is 75.3 Å². The topological polar surface area (TPSA) is 45.0 Å². The van der Waals surface area contributed by atoms with Crippen molar-refractivity contribution in [3.8, 4) is 11.8 Å². The molecule has 0 radical (unpaired) electrons. The van der Waals surface area contributed by atoms with Crippen molar-refractivity contribution in [1.29, 1.82) is 5.26 Å². The summed E-state index contributed by atoms with van der Waals surface area (Å²) >= 11 is 0. The molecule has 0 amide bonds. The fourth-order valence-corrected chi connectivity index (χ4v) is 2.98. The predicted molar refractivity (Wildman–Crippen MR) is 85.5 cm³/mol. The van der Waals surface area contributed by atoms with E-state index in [0.29, 0.717) is 0 Å². The van der Waals surface area contributed by atoms with Gasteiger partial charge in [0, 0.05) is 0 Å². The van der Waals surface area contributed by atoms with Gasteiger partial charge in [-0.15, -0.1) is 0 Å². The summed E-state index contributed by atoms with van der Waals surface area (Å²) in [7, 11) is 0. The Balaban J connectivity index is 1.69. The first kappa shape index (κ1) is 15.9. The van der Waals surface area contributed by atoms with Crippen LogP contribution in [0.2, 0.25) is 0 Å². The van der Waals surface area contributed by atoms with Gasteiger partial charge in [0.15, 0.2) is 0 Å². The second-order valence-electron chi connectivity index (χ2n) is 6.06. The SMILES string of the molecule is CCNC(C)(C#N)CCCCOc1ccc2c(c1)CCC2. The number of fused-ring (bicyclic) bond motifs is 1. The molecule has 21 heavy (non-hydrogen) atoms. The quantitative estimate of drug-likeness (QED) is 0.742. The van der Waals surface area contributed by atoms with Crippen LogP contribution in [0.5, 0.6) is 5.75 Å². The number of unbranched alkanes of at least 4 members (excludes halogenated alkanes) is 1. The fraction of sp³-hybridized carbons (Fsp3) is 0.611. The molecule has 0 heterocycles. The second-order valence-corrected chi connectivity index (χ2v) is 6.06. The van der Waals surface area contributed by atoms with Crippen LogP contribution >= 0.6 is 0 Å². The van der Waals surface area contributed by atoms with Crippen molar-refractivity contribution in [2.45, 2.75) is 57.9 Å². The molecular formula is C18H26N2O. The summed E-state index contributed by atoms with van der Waals surface area (Å²) in [6, 6.07) is 8.85. The minimum atomic E-state index is -0.400. The fourth-order valence-electron chi connectivity index (χ4n) is 2.98. The number of benzene rings is 1. The van der Waals surface area contributed by atoms with Crippen molar-refractivity contribution in [3.63, 3.8) is 0 Å². The molecule has 1 atom stereocenters. The number of nitrogens with zero attached hydrogens (tertiary/aromatic N) is 1. The van der Waals surface area contributed by atoms with Crippen LogP contribution in [-0.4, -0.2) is 18.7 Å². The van der Waals surface area contributed by atoms with Crippen molar-refractivity contribution in [2.24, 2.45) is 0 Å². The van der Waals surface area contributed by atoms with Gasteiger partial charge in [-0.1, -0.05) is 13.0 Å². The highest BCUT2D eigenvalue weighted by molar-refractivity contribution is 5.38. The highest BCUT2D eigenvalue weighted by atomic mass is 16.5. The normalized spacial score (nSPS) is 16.0. The highest BCUT2D eigenvalue weighted by Crippen LogP contribution is 2.26. The lowest BCUT2D eigenvalue weighted by Gasteiger charge is -2.22. The van der Waals surface area contributed by atoms with Gasteiger partial charge in [-0.2, -0.15) is 5.26 Å². The van der Waals surface area contributed by atoms with Gasteiger partial charge in [0.25, 0.3) is 0 Å². The molecule has 0 saturated heterocycles. The zero-order valence-electron chi connectivity index (χ0n) is 13.2. The van der Waals surface area contributed by atoms with Gasteiger partial charge in [0.05, 0.1) is 12.7 Å². The highest BCUT2D eigenvalue weighted by Gasteiger charge is 2.21. The van der Waals surface area contributed by atoms with Crippen molar-refractivity contribution in [1.82, 2.24) is 5.32 Å². The molecule has 0 aromatic heterocycles. The predicted octanol–water partition coefficient (Wildman–Crippen LogP) is 3.62. The summed E-state index contributed by atoms with van der Waals surface area (Å²) < 4.78 is 5.84. The second kappa shape index (κ2) is 7.47. The van der Waals surface area contributed by atoms with E-state index in [-0.39, 0.29) is 0 Å². The molecular weight excluding hydrogens is 260 g/mol. The molecule has 0 fully saturated rings. The van der Waals surface area contributed by atoms with Crippen LogP contribution in [-0.2, 0) is 12.8 Å². The molecule has 1 aliphatic carbocycles. The van der Waals surface area contributed by atoms with E-state index in [1.165, 1.54) is 30.4 Å². The lowest BCUT2D eigenvalue weighted by Crippen LogP contribution is -2.40. The molecule has 0 bridgehead atoms. The van der Waals surface area contributed by atoms with E-state index in [9.17, 15) is 5.26 Å². The van der Waals surface area contributed by atoms with Crippen LogP contribution in [0.1, 0.15) is 50.7 Å². The molecule has 0 spiro atoms. The number of nitriles is 1. The number of rotatable bonds is 8. The number of ether oxygens (including phenoxy) is 1. The van der Waals surface area contributed by atoms with Crippen molar-refractivity contribution in [3.05, 3.63) is 29.3 Å². The number of hydrogen-bond acceptors (Lipinski definition) is 3. The summed E-state index contributed by atoms with van der Waals surface area (Å²) in [5, 5.41) is 12.4. The van der Waals surface area contributed by atoms with E-state index in [4.69, 9.17) is 4.74 Å². The summed E-state index contributed by atoms with van der Waals surface area (Å²) in [5.41, 5.74) is 2.54. The summed E-state index contributed by atoms with van der Waals surface area (Å²) in [4.78, 5) is 0. The number of aryl methyl sites for hydroxylation is 2. The average molecular weight is 286 g/mol. The van der Waals surface area contributed by atoms with Gasteiger partial charge in [-0.3, -0.25) is 5.32 Å². The largest absolute Gasteiger partial charge is 0.494 e. The van der Waals surface area contributed by atoms with Gasteiger partial charge >= 0.3 is 0 Å². The Kier molecular flexibility index (Phi) is 5.64. The Morgan fingerprint density at radius 2 is 2.10 bits per heavy atom. The van der Waals surface area contributed by atoms with E-state index in [1.54, 1.807) is 0 Å². The zero-order chi connectivity index (χ0) is 15.1. The van der Waals surface area contributed by atoms with Crippen LogP contribution < -0.4 is 10.1 Å². The Labute approximate surface area is 128 Å². The minimum absolute atomic E-state index is 0.400. The lowest BCUT2D eigenvalue weighted by molar-refractivity contribution is 0.295. The van der Waals surface area contributed by atoms with Crippen LogP contribution in [0.15, 0.2) is 18.2 Å². The van der Waals surface area contributed by atoms with Gasteiger partial charge in [-0.25, -0.2) is 0 Å². The van der Waals surface area contributed by atoms with Crippen molar-refractivity contribution < 1.29 is 4.74 Å². The van der Waals surface area contributed by atoms with E-state index in [1.807, 2.05) is 13.8 Å². The third-order valence-electron chi connectivity index (χ3n) is 4.22. The molecule has 1 aliphatic rings. The Bertz CT molecular complexity index is 506. The third-order valence-corrected chi connectivity index (χ3v) is 4.22. The number of hydrogen-bond donors (Lipinski definition) is 1. The Hall–Kier alpha value is -1.53. The van der Waals surface area contributed by atoms with E-state index in [2.05, 4.69) is 29.6 Å². The van der Waals surface area contributed by atoms with Gasteiger partial charge in [0.2, 0.25) is 0 Å². The van der Waals surface area contributed by atoms with E-state index in [0.717, 1.165) is 38.2 Å². The summed E-state index contributed by atoms with van der Waals surface area (Å²) in [6.07, 6.45) is 6.53. The molecule has 1 aromatic rings. The number of nitrogens with one attached hydrogen (secondary N) is 1. The van der Waals surface area contributed by atoms with Gasteiger partial charge in [0.1, 0.15) is 11.3 Å². The smallest absolute Gasteiger partial charge is 0.119 e. The minimum Gasteiger partial charge on any atom is -0.494 e. The standard InChI is InChI=1S/C18H26N2O/c1-3-20-18(2,14-19)11-4-5-12-21-17-10-9-15-7-6-8-16(15)13-17/h9-10,13,20H,3-8,11-12H2,1-2H3. The van der Waals surface area contributed by atoms with Crippen molar-refractivity contribution >= 4 is 0 Å². The molecule has 1 unspecified atom stereocenters. The Morgan fingerprint density at radius 1 is 1.29 bits per heavy atom. The summed E-state index contributed by atoms with van der Waals surface area (Å²) in [5.74, 6) is 0.991. The molecule has 3 nitrogen and oxygen atoms in total. The zero-order valence-corrected chi connectivity index (χ0v) is 13.2. The molecule has 114 valence electrons. The first-order valence-electron chi connectivity index (χ1n) is 8.08. The maximum atomic E-state index is 9.20. The molecule has 1 aromatic carbocycles. The monoisotopic (exact) mass is 286 g/mol. The molecule has 2 rings (SSSR count). The summed E-state index contributed by atoms with van der Waals surface area (Å²) in [6.45, 7) is 5.56. The molecule has 0 aliphatic heterocycles. The average Bonchev–Trinajstić information content (AvgIpc) is 2.95. The first-order valence-corrected chi connectivity index (χ1v) is 8.08. The maximum Gasteiger partial charge on any atom is 0.119 e. The lowest BCUT2D eigenvalue weighted by atomic mass is 9.97. The van der Waals surface area contributed by atoms with Crippen molar-refractivity contribution in [2.75, 3.05) is 13.2 Å². The van der Waals surface area contributed by atoms with Crippen LogP contribution in [0.25, 0.3) is 0 Å². The molecule has 1 N–H and O–H groups in total. The molecule has 0 saturated carbocycles. The third kappa shape index (κ3) is 4.47. The maximum absolute atomic E-state index is 9.20. The Morgan fingerprint density at radius 3 is 2.86 bits per heavy atom. The van der Waals surface area contributed by atoms with Crippen LogP contribution in [0.4, 0.5) is 0 Å². The first-order chi connectivity index (χ1) is 10.2.